The molecule has 2 aromatic rings. The quantitative estimate of drug-likeness (QED) is 0.897. The molecule has 0 fully saturated rings. The van der Waals surface area contributed by atoms with Crippen molar-refractivity contribution in [3.05, 3.63) is 58.9 Å². The van der Waals surface area contributed by atoms with Gasteiger partial charge in [-0.15, -0.1) is 0 Å². The highest BCUT2D eigenvalue weighted by Gasteiger charge is 2.11. The molecule has 2 N–H and O–H groups in total. The van der Waals surface area contributed by atoms with E-state index in [2.05, 4.69) is 10.6 Å². The Morgan fingerprint density at radius 1 is 1.16 bits per heavy atom. The van der Waals surface area contributed by atoms with Crippen LogP contribution in [0.4, 0.5) is 15.8 Å². The van der Waals surface area contributed by atoms with Crippen molar-refractivity contribution < 1.29 is 9.18 Å². The molecule has 0 unspecified atom stereocenters. The van der Waals surface area contributed by atoms with Gasteiger partial charge in [-0.2, -0.15) is 0 Å². The zero-order chi connectivity index (χ0) is 13.8. The molecule has 3 nitrogen and oxygen atoms in total. The number of anilines is 2. The van der Waals surface area contributed by atoms with Crippen LogP contribution in [-0.2, 0) is 0 Å². The van der Waals surface area contributed by atoms with E-state index >= 15 is 0 Å². The lowest BCUT2D eigenvalue weighted by atomic mass is 10.2. The van der Waals surface area contributed by atoms with Gasteiger partial charge in [0, 0.05) is 18.3 Å². The summed E-state index contributed by atoms with van der Waals surface area (Å²) in [7, 11) is 1.79. The first-order valence-electron chi connectivity index (χ1n) is 5.65. The molecule has 1 amide bonds. The maximum atomic E-state index is 13.6. The van der Waals surface area contributed by atoms with Crippen molar-refractivity contribution in [2.75, 3.05) is 17.7 Å². The minimum Gasteiger partial charge on any atom is -0.388 e. The molecular formula is C14H12ClFN2O. The summed E-state index contributed by atoms with van der Waals surface area (Å²) in [5.41, 5.74) is 1.40. The highest BCUT2D eigenvalue weighted by atomic mass is 35.5. The standard InChI is InChI=1S/C14H12ClFN2O/c1-17-10-7-5-9(6-8-10)14(19)18-12-4-2-3-11(15)13(12)16/h2-8,17H,1H3,(H,18,19). The molecule has 5 heteroatoms. The number of halogens is 2. The fourth-order valence-electron chi connectivity index (χ4n) is 1.58. The van der Waals surface area contributed by atoms with Crippen LogP contribution in [0.3, 0.4) is 0 Å². The predicted octanol–water partition coefficient (Wildman–Crippen LogP) is 3.77. The van der Waals surface area contributed by atoms with Crippen molar-refractivity contribution in [2.45, 2.75) is 0 Å². The van der Waals surface area contributed by atoms with E-state index in [0.29, 0.717) is 5.56 Å². The molecule has 0 aliphatic rings. The average Bonchev–Trinajstić information content (AvgIpc) is 2.44. The van der Waals surface area contributed by atoms with Gasteiger partial charge in [0.25, 0.3) is 5.91 Å². The van der Waals surface area contributed by atoms with Gasteiger partial charge >= 0.3 is 0 Å². The minimum atomic E-state index is -0.635. The third kappa shape index (κ3) is 3.03. The lowest BCUT2D eigenvalue weighted by Gasteiger charge is -2.08. The number of amides is 1. The first-order chi connectivity index (χ1) is 9.11. The average molecular weight is 279 g/mol. The zero-order valence-electron chi connectivity index (χ0n) is 10.2. The van der Waals surface area contributed by atoms with Crippen molar-refractivity contribution in [3.63, 3.8) is 0 Å². The fourth-order valence-corrected chi connectivity index (χ4v) is 1.76. The second kappa shape index (κ2) is 5.71. The molecule has 0 heterocycles. The highest BCUT2D eigenvalue weighted by molar-refractivity contribution is 6.31. The molecule has 2 rings (SSSR count). The van der Waals surface area contributed by atoms with Crippen LogP contribution >= 0.6 is 11.6 Å². The third-order valence-corrected chi connectivity index (χ3v) is 2.93. The van der Waals surface area contributed by atoms with Crippen LogP contribution < -0.4 is 10.6 Å². The number of carbonyl (C=O) groups is 1. The zero-order valence-corrected chi connectivity index (χ0v) is 11.0. The molecule has 0 aromatic heterocycles. The van der Waals surface area contributed by atoms with Crippen LogP contribution in [0.1, 0.15) is 10.4 Å². The molecule has 0 spiro atoms. The number of nitrogens with one attached hydrogen (secondary N) is 2. The van der Waals surface area contributed by atoms with Gasteiger partial charge in [-0.05, 0) is 36.4 Å². The van der Waals surface area contributed by atoms with Crippen molar-refractivity contribution >= 4 is 28.9 Å². The Kier molecular flexibility index (Phi) is 4.02. The molecule has 2 aromatic carbocycles. The van der Waals surface area contributed by atoms with Gasteiger partial charge in [0.1, 0.15) is 0 Å². The molecule has 19 heavy (non-hydrogen) atoms. The van der Waals surface area contributed by atoms with E-state index in [1.54, 1.807) is 37.4 Å². The van der Waals surface area contributed by atoms with Gasteiger partial charge < -0.3 is 10.6 Å². The molecule has 0 aliphatic heterocycles. The normalized spacial score (nSPS) is 10.1. The summed E-state index contributed by atoms with van der Waals surface area (Å²) in [6.07, 6.45) is 0. The highest BCUT2D eigenvalue weighted by Crippen LogP contribution is 2.22. The summed E-state index contributed by atoms with van der Waals surface area (Å²) in [5, 5.41) is 5.41. The van der Waals surface area contributed by atoms with E-state index in [9.17, 15) is 9.18 Å². The Balaban J connectivity index is 2.18. The van der Waals surface area contributed by atoms with Gasteiger partial charge in [-0.1, -0.05) is 17.7 Å². The molecule has 0 saturated carbocycles. The summed E-state index contributed by atoms with van der Waals surface area (Å²) >= 11 is 5.65. The topological polar surface area (TPSA) is 41.1 Å². The summed E-state index contributed by atoms with van der Waals surface area (Å²) in [5.74, 6) is -1.02. The number of hydrogen-bond acceptors (Lipinski definition) is 2. The van der Waals surface area contributed by atoms with Crippen molar-refractivity contribution in [1.29, 1.82) is 0 Å². The third-order valence-electron chi connectivity index (χ3n) is 2.64. The Morgan fingerprint density at radius 3 is 2.47 bits per heavy atom. The first kappa shape index (κ1) is 13.4. The summed E-state index contributed by atoms with van der Waals surface area (Å²) in [6, 6.07) is 11.3. The second-order valence-corrected chi connectivity index (χ2v) is 4.29. The molecule has 0 atom stereocenters. The van der Waals surface area contributed by atoms with E-state index in [4.69, 9.17) is 11.6 Å². The molecule has 0 bridgehead atoms. The molecule has 0 saturated heterocycles. The van der Waals surface area contributed by atoms with Crippen LogP contribution in [0.2, 0.25) is 5.02 Å². The number of benzene rings is 2. The van der Waals surface area contributed by atoms with Crippen LogP contribution in [-0.4, -0.2) is 13.0 Å². The second-order valence-electron chi connectivity index (χ2n) is 3.88. The minimum absolute atomic E-state index is 0.0247. The smallest absolute Gasteiger partial charge is 0.255 e. The lowest BCUT2D eigenvalue weighted by Crippen LogP contribution is -2.13. The predicted molar refractivity (Wildman–Crippen MR) is 75.4 cm³/mol. The van der Waals surface area contributed by atoms with Crippen LogP contribution in [0.25, 0.3) is 0 Å². The van der Waals surface area contributed by atoms with E-state index in [-0.39, 0.29) is 16.6 Å². The van der Waals surface area contributed by atoms with Gasteiger partial charge in [-0.3, -0.25) is 4.79 Å². The molecule has 0 aliphatic carbocycles. The monoisotopic (exact) mass is 278 g/mol. The Morgan fingerprint density at radius 2 is 1.84 bits per heavy atom. The van der Waals surface area contributed by atoms with Gasteiger partial charge in [0.15, 0.2) is 5.82 Å². The Labute approximate surface area is 115 Å². The maximum Gasteiger partial charge on any atom is 0.255 e. The van der Waals surface area contributed by atoms with E-state index < -0.39 is 5.82 Å². The lowest BCUT2D eigenvalue weighted by molar-refractivity contribution is 0.102. The molecular weight excluding hydrogens is 267 g/mol. The van der Waals surface area contributed by atoms with Gasteiger partial charge in [0.2, 0.25) is 0 Å². The van der Waals surface area contributed by atoms with Crippen LogP contribution in [0.15, 0.2) is 42.5 Å². The fraction of sp³-hybridized carbons (Fsp3) is 0.0714. The molecule has 0 radical (unpaired) electrons. The maximum absolute atomic E-state index is 13.6. The SMILES string of the molecule is CNc1ccc(C(=O)Nc2cccc(Cl)c2F)cc1. The summed E-state index contributed by atoms with van der Waals surface area (Å²) in [4.78, 5) is 11.9. The Hall–Kier alpha value is -2.07. The van der Waals surface area contributed by atoms with E-state index in [1.807, 2.05) is 0 Å². The Bertz CT molecular complexity index is 599. The van der Waals surface area contributed by atoms with Gasteiger partial charge in [0.05, 0.1) is 10.7 Å². The van der Waals surface area contributed by atoms with Crippen molar-refractivity contribution in [1.82, 2.24) is 0 Å². The number of rotatable bonds is 3. The number of carbonyl (C=O) groups excluding carboxylic acids is 1. The van der Waals surface area contributed by atoms with Crippen molar-refractivity contribution in [3.8, 4) is 0 Å². The van der Waals surface area contributed by atoms with Crippen molar-refractivity contribution in [2.24, 2.45) is 0 Å². The number of hydrogen-bond donors (Lipinski definition) is 2. The van der Waals surface area contributed by atoms with Crippen LogP contribution in [0.5, 0.6) is 0 Å². The molecule has 98 valence electrons. The van der Waals surface area contributed by atoms with E-state index in [0.717, 1.165) is 5.69 Å². The van der Waals surface area contributed by atoms with E-state index in [1.165, 1.54) is 12.1 Å². The first-order valence-corrected chi connectivity index (χ1v) is 6.03. The summed E-state index contributed by atoms with van der Waals surface area (Å²) in [6.45, 7) is 0. The summed E-state index contributed by atoms with van der Waals surface area (Å²) < 4.78 is 13.6. The largest absolute Gasteiger partial charge is 0.388 e. The van der Waals surface area contributed by atoms with Gasteiger partial charge in [-0.25, -0.2) is 4.39 Å². The van der Waals surface area contributed by atoms with Crippen LogP contribution in [0, 0.1) is 5.82 Å².